The van der Waals surface area contributed by atoms with Crippen LogP contribution in [0.3, 0.4) is 0 Å². The molecule has 0 radical (unpaired) electrons. The second-order valence-electron chi connectivity index (χ2n) is 4.27. The van der Waals surface area contributed by atoms with Gasteiger partial charge in [0.25, 0.3) is 0 Å². The number of hydrogen-bond acceptors (Lipinski definition) is 1. The molecular formula is C15H13BrO. The van der Waals surface area contributed by atoms with Gasteiger partial charge < -0.3 is 4.74 Å². The minimum Gasteiger partial charge on any atom is -0.485 e. The maximum absolute atomic E-state index is 6.07. The van der Waals surface area contributed by atoms with Crippen LogP contribution in [0.1, 0.15) is 23.7 Å². The summed E-state index contributed by atoms with van der Waals surface area (Å²) >= 11 is 3.59. The number of fused-ring (bicyclic) bond motifs is 1. The molecule has 0 saturated heterocycles. The van der Waals surface area contributed by atoms with Gasteiger partial charge in [0, 0.05) is 10.0 Å². The molecule has 86 valence electrons. The fourth-order valence-corrected chi connectivity index (χ4v) is 2.82. The molecule has 0 amide bonds. The topological polar surface area (TPSA) is 9.23 Å². The van der Waals surface area contributed by atoms with E-state index in [0.717, 1.165) is 23.1 Å². The van der Waals surface area contributed by atoms with Gasteiger partial charge in [0.05, 0.1) is 0 Å². The first-order valence-corrected chi connectivity index (χ1v) is 6.63. The van der Waals surface area contributed by atoms with Crippen LogP contribution in [-0.4, -0.2) is 0 Å². The van der Waals surface area contributed by atoms with E-state index in [2.05, 4.69) is 52.3 Å². The van der Waals surface area contributed by atoms with Crippen molar-refractivity contribution >= 4 is 15.9 Å². The van der Waals surface area contributed by atoms with Gasteiger partial charge in [-0.15, -0.1) is 0 Å². The molecule has 1 atom stereocenters. The van der Waals surface area contributed by atoms with Crippen LogP contribution in [0.2, 0.25) is 0 Å². The van der Waals surface area contributed by atoms with Crippen molar-refractivity contribution in [3.63, 3.8) is 0 Å². The molecule has 2 aromatic rings. The number of para-hydroxylation sites is 1. The molecule has 0 saturated carbocycles. The molecule has 1 unspecified atom stereocenters. The summed E-state index contributed by atoms with van der Waals surface area (Å²) in [7, 11) is 0. The van der Waals surface area contributed by atoms with Crippen molar-refractivity contribution in [1.82, 2.24) is 0 Å². The van der Waals surface area contributed by atoms with E-state index >= 15 is 0 Å². The summed E-state index contributed by atoms with van der Waals surface area (Å²) < 4.78 is 7.20. The van der Waals surface area contributed by atoms with Crippen molar-refractivity contribution in [2.75, 3.05) is 0 Å². The van der Waals surface area contributed by atoms with Crippen LogP contribution >= 0.6 is 15.9 Å². The maximum atomic E-state index is 6.07. The largest absolute Gasteiger partial charge is 0.485 e. The Bertz CT molecular complexity index is 536. The Kier molecular flexibility index (Phi) is 2.89. The van der Waals surface area contributed by atoms with E-state index in [0.29, 0.717) is 0 Å². The van der Waals surface area contributed by atoms with Gasteiger partial charge in [-0.3, -0.25) is 0 Å². The molecule has 1 nitrogen and oxygen atoms in total. The first-order chi connectivity index (χ1) is 8.34. The Morgan fingerprint density at radius 3 is 2.65 bits per heavy atom. The Hall–Kier alpha value is -1.28. The fourth-order valence-electron chi connectivity index (χ4n) is 2.28. The summed E-state index contributed by atoms with van der Waals surface area (Å²) in [4.78, 5) is 0. The van der Waals surface area contributed by atoms with Crippen LogP contribution in [0.5, 0.6) is 5.75 Å². The maximum Gasteiger partial charge on any atom is 0.125 e. The van der Waals surface area contributed by atoms with Crippen molar-refractivity contribution in [3.05, 3.63) is 64.1 Å². The van der Waals surface area contributed by atoms with E-state index in [1.165, 1.54) is 11.1 Å². The fraction of sp³-hybridized carbons (Fsp3) is 0.200. The smallest absolute Gasteiger partial charge is 0.125 e. The average molecular weight is 289 g/mol. The highest BCUT2D eigenvalue weighted by atomic mass is 79.9. The lowest BCUT2D eigenvalue weighted by atomic mass is 9.97. The van der Waals surface area contributed by atoms with Gasteiger partial charge in [-0.1, -0.05) is 52.3 Å². The summed E-state index contributed by atoms with van der Waals surface area (Å²) in [6.07, 6.45) is 2.29. The van der Waals surface area contributed by atoms with E-state index < -0.39 is 0 Å². The summed E-state index contributed by atoms with van der Waals surface area (Å²) in [6.45, 7) is 0. The lowest BCUT2D eigenvalue weighted by Gasteiger charge is -2.27. The average Bonchev–Trinajstić information content (AvgIpc) is 2.39. The molecule has 1 aliphatic rings. The predicted molar refractivity (Wildman–Crippen MR) is 72.3 cm³/mol. The minimum absolute atomic E-state index is 0.167. The van der Waals surface area contributed by atoms with Crippen LogP contribution in [0.15, 0.2) is 53.0 Å². The second kappa shape index (κ2) is 4.53. The second-order valence-corrected chi connectivity index (χ2v) is 5.13. The highest BCUT2D eigenvalue weighted by Gasteiger charge is 2.22. The highest BCUT2D eigenvalue weighted by molar-refractivity contribution is 9.10. The van der Waals surface area contributed by atoms with Crippen LogP contribution in [0.25, 0.3) is 0 Å². The number of hydrogen-bond donors (Lipinski definition) is 0. The van der Waals surface area contributed by atoms with E-state index in [4.69, 9.17) is 4.74 Å². The first-order valence-electron chi connectivity index (χ1n) is 5.83. The standard InChI is InChI=1S/C15H13BrO/c16-13-7-3-2-6-12(13)15-10-9-11-5-1-4-8-14(11)17-15/h1-8,15H,9-10H2. The molecule has 2 heteroatoms. The molecule has 1 aliphatic heterocycles. The Labute approximate surface area is 110 Å². The third-order valence-corrected chi connectivity index (χ3v) is 3.89. The zero-order valence-electron chi connectivity index (χ0n) is 9.40. The lowest BCUT2D eigenvalue weighted by Crippen LogP contribution is -2.15. The van der Waals surface area contributed by atoms with Crippen molar-refractivity contribution in [2.24, 2.45) is 0 Å². The predicted octanol–water partition coefficient (Wildman–Crippen LogP) is 4.52. The molecule has 2 aromatic carbocycles. The van der Waals surface area contributed by atoms with Gasteiger partial charge in [0.2, 0.25) is 0 Å². The molecule has 0 bridgehead atoms. The lowest BCUT2D eigenvalue weighted by molar-refractivity contribution is 0.176. The quantitative estimate of drug-likeness (QED) is 0.750. The molecule has 0 spiro atoms. The molecule has 0 aromatic heterocycles. The van der Waals surface area contributed by atoms with Gasteiger partial charge in [0.15, 0.2) is 0 Å². The highest BCUT2D eigenvalue weighted by Crippen LogP contribution is 2.36. The van der Waals surface area contributed by atoms with Crippen LogP contribution < -0.4 is 4.74 Å². The number of halogens is 1. The number of ether oxygens (including phenoxy) is 1. The van der Waals surface area contributed by atoms with Gasteiger partial charge in [0.1, 0.15) is 11.9 Å². The Morgan fingerprint density at radius 2 is 1.76 bits per heavy atom. The zero-order valence-corrected chi connectivity index (χ0v) is 11.0. The zero-order chi connectivity index (χ0) is 11.7. The van der Waals surface area contributed by atoms with Crippen LogP contribution in [0, 0.1) is 0 Å². The number of aryl methyl sites for hydroxylation is 1. The summed E-state index contributed by atoms with van der Waals surface area (Å²) in [5, 5.41) is 0. The number of rotatable bonds is 1. The monoisotopic (exact) mass is 288 g/mol. The Balaban J connectivity index is 1.92. The van der Waals surface area contributed by atoms with Crippen molar-refractivity contribution in [3.8, 4) is 5.75 Å². The van der Waals surface area contributed by atoms with Gasteiger partial charge in [-0.05, 0) is 30.5 Å². The van der Waals surface area contributed by atoms with Crippen LogP contribution in [-0.2, 0) is 6.42 Å². The van der Waals surface area contributed by atoms with E-state index in [1.807, 2.05) is 12.1 Å². The van der Waals surface area contributed by atoms with E-state index in [-0.39, 0.29) is 6.10 Å². The molecule has 0 aliphatic carbocycles. The van der Waals surface area contributed by atoms with Crippen molar-refractivity contribution < 1.29 is 4.74 Å². The van der Waals surface area contributed by atoms with E-state index in [9.17, 15) is 0 Å². The minimum atomic E-state index is 0.167. The molecule has 3 rings (SSSR count). The Morgan fingerprint density at radius 1 is 1.00 bits per heavy atom. The molecular weight excluding hydrogens is 276 g/mol. The normalized spacial score (nSPS) is 18.3. The third kappa shape index (κ3) is 2.09. The van der Waals surface area contributed by atoms with Crippen molar-refractivity contribution in [1.29, 1.82) is 0 Å². The molecule has 1 heterocycles. The van der Waals surface area contributed by atoms with Crippen LogP contribution in [0.4, 0.5) is 0 Å². The SMILES string of the molecule is Brc1ccccc1C1CCc2ccccc2O1. The molecule has 0 fully saturated rings. The first kappa shape index (κ1) is 10.8. The van der Waals surface area contributed by atoms with E-state index in [1.54, 1.807) is 0 Å². The third-order valence-electron chi connectivity index (χ3n) is 3.17. The summed E-state index contributed by atoms with van der Waals surface area (Å²) in [5.74, 6) is 1.03. The van der Waals surface area contributed by atoms with Gasteiger partial charge in [-0.25, -0.2) is 0 Å². The molecule has 17 heavy (non-hydrogen) atoms. The van der Waals surface area contributed by atoms with Gasteiger partial charge >= 0.3 is 0 Å². The van der Waals surface area contributed by atoms with Crippen molar-refractivity contribution in [2.45, 2.75) is 18.9 Å². The molecule has 0 N–H and O–H groups in total. The summed E-state index contributed by atoms with van der Waals surface area (Å²) in [5.41, 5.74) is 2.55. The summed E-state index contributed by atoms with van der Waals surface area (Å²) in [6, 6.07) is 16.6. The number of benzene rings is 2. The van der Waals surface area contributed by atoms with Gasteiger partial charge in [-0.2, -0.15) is 0 Å².